The van der Waals surface area contributed by atoms with Crippen molar-refractivity contribution in [2.24, 2.45) is 0 Å². The summed E-state index contributed by atoms with van der Waals surface area (Å²) in [7, 11) is 2.24. The van der Waals surface area contributed by atoms with Gasteiger partial charge < -0.3 is 14.6 Å². The summed E-state index contributed by atoms with van der Waals surface area (Å²) in [6, 6.07) is 4.83. The van der Waals surface area contributed by atoms with E-state index in [1.165, 1.54) is 12.8 Å². The molecule has 1 N–H and O–H groups in total. The number of aryl methyl sites for hydroxylation is 1. The van der Waals surface area contributed by atoms with Gasteiger partial charge in [0, 0.05) is 24.5 Å². The molecule has 1 fully saturated rings. The number of piperidine rings is 1. The Bertz CT molecular complexity index is 384. The lowest BCUT2D eigenvalue weighted by molar-refractivity contribution is 0.143. The van der Waals surface area contributed by atoms with Crippen molar-refractivity contribution in [3.63, 3.8) is 0 Å². The predicted octanol–water partition coefficient (Wildman–Crippen LogP) is 2.59. The minimum atomic E-state index is 0.276. The van der Waals surface area contributed by atoms with Crippen LogP contribution in [-0.2, 0) is 6.42 Å². The molecule has 3 nitrogen and oxygen atoms in total. The topological polar surface area (TPSA) is 28.4 Å². The molecule has 18 heavy (non-hydrogen) atoms. The SMILES string of the molecule is Cc1ccc(CCN(C)C2CCNC(C)(C)C2)o1. The maximum Gasteiger partial charge on any atom is 0.105 e. The van der Waals surface area contributed by atoms with Crippen molar-refractivity contribution < 1.29 is 4.42 Å². The maximum atomic E-state index is 5.62. The highest BCUT2D eigenvalue weighted by atomic mass is 16.3. The highest BCUT2D eigenvalue weighted by molar-refractivity contribution is 5.05. The van der Waals surface area contributed by atoms with Gasteiger partial charge in [-0.3, -0.25) is 0 Å². The molecule has 0 radical (unpaired) electrons. The van der Waals surface area contributed by atoms with E-state index in [1.54, 1.807) is 0 Å². The molecule has 0 bridgehead atoms. The largest absolute Gasteiger partial charge is 0.466 e. The lowest BCUT2D eigenvalue weighted by Gasteiger charge is -2.40. The van der Waals surface area contributed by atoms with Crippen molar-refractivity contribution in [3.8, 4) is 0 Å². The smallest absolute Gasteiger partial charge is 0.105 e. The van der Waals surface area contributed by atoms with E-state index in [1.807, 2.05) is 13.0 Å². The van der Waals surface area contributed by atoms with E-state index in [4.69, 9.17) is 4.42 Å². The molecule has 2 rings (SSSR count). The van der Waals surface area contributed by atoms with Gasteiger partial charge in [0.1, 0.15) is 11.5 Å². The summed E-state index contributed by atoms with van der Waals surface area (Å²) >= 11 is 0. The van der Waals surface area contributed by atoms with Gasteiger partial charge in [-0.15, -0.1) is 0 Å². The highest BCUT2D eigenvalue weighted by Crippen LogP contribution is 2.22. The van der Waals surface area contributed by atoms with Crippen LogP contribution in [0.2, 0.25) is 0 Å². The first kappa shape index (κ1) is 13.6. The van der Waals surface area contributed by atoms with Crippen LogP contribution in [0.25, 0.3) is 0 Å². The second-order valence-corrected chi connectivity index (χ2v) is 6.20. The Balaban J connectivity index is 1.82. The first-order chi connectivity index (χ1) is 8.46. The van der Waals surface area contributed by atoms with Gasteiger partial charge in [-0.1, -0.05) is 0 Å². The fourth-order valence-electron chi connectivity index (χ4n) is 2.81. The van der Waals surface area contributed by atoms with Crippen molar-refractivity contribution >= 4 is 0 Å². The summed E-state index contributed by atoms with van der Waals surface area (Å²) in [6.07, 6.45) is 3.48. The van der Waals surface area contributed by atoms with E-state index in [-0.39, 0.29) is 5.54 Å². The van der Waals surface area contributed by atoms with Gasteiger partial charge in [0.2, 0.25) is 0 Å². The van der Waals surface area contributed by atoms with E-state index >= 15 is 0 Å². The van der Waals surface area contributed by atoms with Gasteiger partial charge in [0.15, 0.2) is 0 Å². The zero-order chi connectivity index (χ0) is 13.2. The Kier molecular flexibility index (Phi) is 4.13. The number of hydrogen-bond acceptors (Lipinski definition) is 3. The molecule has 0 saturated carbocycles. The van der Waals surface area contributed by atoms with E-state index < -0.39 is 0 Å². The van der Waals surface area contributed by atoms with Crippen molar-refractivity contribution in [2.45, 2.75) is 51.6 Å². The summed E-state index contributed by atoms with van der Waals surface area (Å²) in [6.45, 7) is 8.80. The molecule has 102 valence electrons. The second-order valence-electron chi connectivity index (χ2n) is 6.20. The molecule has 1 saturated heterocycles. The van der Waals surface area contributed by atoms with Gasteiger partial charge in [0.05, 0.1) is 0 Å². The molecule has 0 amide bonds. The van der Waals surface area contributed by atoms with Crippen LogP contribution < -0.4 is 5.32 Å². The molecule has 3 heteroatoms. The zero-order valence-corrected chi connectivity index (χ0v) is 12.1. The molecule has 1 aromatic heterocycles. The molecule has 0 aromatic carbocycles. The standard InChI is InChI=1S/C15H26N2O/c1-12-5-6-14(18-12)8-10-17(4)13-7-9-16-15(2,3)11-13/h5-6,13,16H,7-11H2,1-4H3. The summed E-state index contributed by atoms with van der Waals surface area (Å²) < 4.78 is 5.62. The molecule has 1 aliphatic heterocycles. The fraction of sp³-hybridized carbons (Fsp3) is 0.733. The molecule has 1 aromatic rings. The molecule has 2 heterocycles. The van der Waals surface area contributed by atoms with Crippen molar-refractivity contribution in [1.29, 1.82) is 0 Å². The van der Waals surface area contributed by atoms with E-state index in [0.717, 1.165) is 31.0 Å². The van der Waals surface area contributed by atoms with Gasteiger partial charge in [-0.25, -0.2) is 0 Å². The summed E-state index contributed by atoms with van der Waals surface area (Å²) in [4.78, 5) is 2.49. The van der Waals surface area contributed by atoms with Crippen molar-refractivity contribution in [1.82, 2.24) is 10.2 Å². The number of nitrogens with zero attached hydrogens (tertiary/aromatic N) is 1. The average Bonchev–Trinajstić information content (AvgIpc) is 2.70. The Hall–Kier alpha value is -0.800. The van der Waals surface area contributed by atoms with Crippen LogP contribution in [0, 0.1) is 6.92 Å². The number of hydrogen-bond donors (Lipinski definition) is 1. The Morgan fingerprint density at radius 3 is 2.83 bits per heavy atom. The number of rotatable bonds is 4. The fourth-order valence-corrected chi connectivity index (χ4v) is 2.81. The van der Waals surface area contributed by atoms with Crippen molar-refractivity contribution in [3.05, 3.63) is 23.7 Å². The van der Waals surface area contributed by atoms with Crippen LogP contribution in [0.15, 0.2) is 16.5 Å². The van der Waals surface area contributed by atoms with Crippen LogP contribution in [-0.4, -0.2) is 36.6 Å². The monoisotopic (exact) mass is 250 g/mol. The Labute approximate surface area is 111 Å². The zero-order valence-electron chi connectivity index (χ0n) is 12.1. The second kappa shape index (κ2) is 5.45. The van der Waals surface area contributed by atoms with Crippen LogP contribution >= 0.6 is 0 Å². The molecule has 0 aliphatic carbocycles. The molecule has 1 aliphatic rings. The summed E-state index contributed by atoms with van der Waals surface area (Å²) in [5.74, 6) is 2.11. The van der Waals surface area contributed by atoms with Gasteiger partial charge in [-0.05, 0) is 59.3 Å². The van der Waals surface area contributed by atoms with Crippen LogP contribution in [0.4, 0.5) is 0 Å². The summed E-state index contributed by atoms with van der Waals surface area (Å²) in [5, 5.41) is 3.58. The van der Waals surface area contributed by atoms with Gasteiger partial charge in [0.25, 0.3) is 0 Å². The molecule has 1 atom stereocenters. The molecular formula is C15H26N2O. The average molecular weight is 250 g/mol. The van der Waals surface area contributed by atoms with E-state index in [2.05, 4.69) is 37.2 Å². The number of likely N-dealkylation sites (N-methyl/N-ethyl adjacent to an activating group) is 1. The van der Waals surface area contributed by atoms with E-state index in [9.17, 15) is 0 Å². The quantitative estimate of drug-likeness (QED) is 0.890. The Morgan fingerprint density at radius 2 is 2.22 bits per heavy atom. The number of nitrogens with one attached hydrogen (secondary N) is 1. The maximum absolute atomic E-state index is 5.62. The number of furan rings is 1. The van der Waals surface area contributed by atoms with Crippen LogP contribution in [0.3, 0.4) is 0 Å². The normalized spacial score (nSPS) is 23.5. The van der Waals surface area contributed by atoms with Crippen LogP contribution in [0.1, 0.15) is 38.2 Å². The predicted molar refractivity (Wildman–Crippen MR) is 74.9 cm³/mol. The summed E-state index contributed by atoms with van der Waals surface area (Å²) in [5.41, 5.74) is 0.276. The van der Waals surface area contributed by atoms with Gasteiger partial charge >= 0.3 is 0 Å². The minimum Gasteiger partial charge on any atom is -0.466 e. The molecule has 0 spiro atoms. The lowest BCUT2D eigenvalue weighted by Crippen LogP contribution is -2.52. The Morgan fingerprint density at radius 1 is 1.44 bits per heavy atom. The van der Waals surface area contributed by atoms with Crippen LogP contribution in [0.5, 0.6) is 0 Å². The lowest BCUT2D eigenvalue weighted by atomic mass is 9.88. The van der Waals surface area contributed by atoms with Crippen molar-refractivity contribution in [2.75, 3.05) is 20.1 Å². The third kappa shape index (κ3) is 3.59. The molecular weight excluding hydrogens is 224 g/mol. The third-order valence-corrected chi connectivity index (χ3v) is 3.96. The first-order valence-corrected chi connectivity index (χ1v) is 6.97. The van der Waals surface area contributed by atoms with Gasteiger partial charge in [-0.2, -0.15) is 0 Å². The highest BCUT2D eigenvalue weighted by Gasteiger charge is 2.29. The van der Waals surface area contributed by atoms with E-state index in [0.29, 0.717) is 6.04 Å². The minimum absolute atomic E-state index is 0.276. The third-order valence-electron chi connectivity index (χ3n) is 3.96. The first-order valence-electron chi connectivity index (χ1n) is 6.97. The molecule has 1 unspecified atom stereocenters.